The number of rotatable bonds is 1. The summed E-state index contributed by atoms with van der Waals surface area (Å²) >= 11 is 1.71. The third-order valence-corrected chi connectivity index (χ3v) is 3.21. The molecule has 0 unspecified atom stereocenters. The highest BCUT2D eigenvalue weighted by atomic mass is 32.1. The van der Waals surface area contributed by atoms with Crippen molar-refractivity contribution in [3.8, 4) is 10.6 Å². The van der Waals surface area contributed by atoms with Crippen molar-refractivity contribution in [3.05, 3.63) is 43.0 Å². The Morgan fingerprint density at radius 2 is 2.21 bits per heavy atom. The van der Waals surface area contributed by atoms with Crippen LogP contribution in [0.25, 0.3) is 20.7 Å². The summed E-state index contributed by atoms with van der Waals surface area (Å²) in [5.74, 6) is 0. The Morgan fingerprint density at radius 1 is 1.29 bits per heavy atom. The van der Waals surface area contributed by atoms with E-state index in [4.69, 9.17) is 4.42 Å². The molecule has 2 nitrogen and oxygen atoms in total. The molecule has 0 fully saturated rings. The number of benzene rings is 1. The molecule has 0 spiro atoms. The van der Waals surface area contributed by atoms with Crippen LogP contribution < -0.4 is 0 Å². The van der Waals surface area contributed by atoms with Crippen molar-refractivity contribution in [3.63, 3.8) is 0 Å². The predicted molar refractivity (Wildman–Crippen MR) is 56.2 cm³/mol. The Balaban J connectivity index is 2.24. The molecule has 2 heterocycles. The monoisotopic (exact) mass is 200 g/mol. The topological polar surface area (TPSA) is 26.0 Å². The maximum absolute atomic E-state index is 4.84. The van der Waals surface area contributed by atoms with Crippen molar-refractivity contribution in [1.29, 1.82) is 0 Å². The van der Waals surface area contributed by atoms with E-state index < -0.39 is 0 Å². The van der Waals surface area contributed by atoms with Gasteiger partial charge >= 0.3 is 0 Å². The van der Waals surface area contributed by atoms with Crippen molar-refractivity contribution in [1.82, 2.24) is 4.98 Å². The second kappa shape index (κ2) is 2.96. The molecule has 0 aliphatic rings. The van der Waals surface area contributed by atoms with Crippen molar-refractivity contribution < 1.29 is 4.42 Å². The molecule has 3 heteroatoms. The molecule has 3 rings (SSSR count). The van der Waals surface area contributed by atoms with Crippen LogP contribution in [-0.2, 0) is 0 Å². The van der Waals surface area contributed by atoms with Gasteiger partial charge in [0.2, 0.25) is 0 Å². The number of nitrogens with zero attached hydrogens (tertiary/aromatic N) is 1. The molecule has 1 radical (unpaired) electrons. The van der Waals surface area contributed by atoms with Gasteiger partial charge in [-0.3, -0.25) is 0 Å². The summed E-state index contributed by atoms with van der Waals surface area (Å²) in [5, 5.41) is 1.25. The number of aromatic nitrogens is 1. The Kier molecular flexibility index (Phi) is 1.64. The maximum Gasteiger partial charge on any atom is 0.284 e. The van der Waals surface area contributed by atoms with Gasteiger partial charge in [-0.1, -0.05) is 18.2 Å². The molecule has 0 atom stereocenters. The lowest BCUT2D eigenvalue weighted by Gasteiger charge is -1.82. The van der Waals surface area contributed by atoms with Gasteiger partial charge in [0.25, 0.3) is 6.39 Å². The van der Waals surface area contributed by atoms with Crippen LogP contribution in [0.1, 0.15) is 0 Å². The Bertz CT molecular complexity index is 520. The molecule has 14 heavy (non-hydrogen) atoms. The zero-order valence-electron chi connectivity index (χ0n) is 7.23. The van der Waals surface area contributed by atoms with Gasteiger partial charge in [0, 0.05) is 4.70 Å². The first kappa shape index (κ1) is 7.76. The van der Waals surface area contributed by atoms with Crippen LogP contribution in [0.15, 0.2) is 41.0 Å². The molecule has 3 aromatic rings. The van der Waals surface area contributed by atoms with Gasteiger partial charge in [-0.25, -0.2) is 4.98 Å². The zero-order valence-corrected chi connectivity index (χ0v) is 8.04. The van der Waals surface area contributed by atoms with Crippen LogP contribution >= 0.6 is 11.3 Å². The number of thiophene rings is 1. The van der Waals surface area contributed by atoms with Crippen LogP contribution in [0.4, 0.5) is 0 Å². The number of oxazole rings is 1. The zero-order chi connectivity index (χ0) is 9.38. The van der Waals surface area contributed by atoms with Crippen LogP contribution in [0, 0.1) is 6.39 Å². The fourth-order valence-corrected chi connectivity index (χ4v) is 2.42. The summed E-state index contributed by atoms with van der Waals surface area (Å²) in [6.07, 6.45) is 4.07. The summed E-state index contributed by atoms with van der Waals surface area (Å²) in [4.78, 5) is 5.12. The third kappa shape index (κ3) is 1.14. The summed E-state index contributed by atoms with van der Waals surface area (Å²) in [6, 6.07) is 10.4. The van der Waals surface area contributed by atoms with Crippen molar-refractivity contribution in [2.24, 2.45) is 0 Å². The molecular weight excluding hydrogens is 194 g/mol. The smallest absolute Gasteiger partial charge is 0.284 e. The SMILES string of the molecule is [c]1nc(-c2cc3ccccc3s2)co1. The van der Waals surface area contributed by atoms with Gasteiger partial charge in [-0.2, -0.15) is 0 Å². The Hall–Kier alpha value is -1.61. The van der Waals surface area contributed by atoms with E-state index in [1.165, 1.54) is 10.1 Å². The maximum atomic E-state index is 4.84. The predicted octanol–water partition coefficient (Wildman–Crippen LogP) is 3.36. The summed E-state index contributed by atoms with van der Waals surface area (Å²) in [5.41, 5.74) is 0.853. The quantitative estimate of drug-likeness (QED) is 0.602. The molecule has 0 aliphatic carbocycles. The molecule has 1 aromatic carbocycles. The van der Waals surface area contributed by atoms with E-state index in [-0.39, 0.29) is 0 Å². The van der Waals surface area contributed by atoms with E-state index in [2.05, 4.69) is 29.6 Å². The lowest BCUT2D eigenvalue weighted by Crippen LogP contribution is -1.66. The number of hydrogen-bond acceptors (Lipinski definition) is 3. The first-order chi connectivity index (χ1) is 6.93. The first-order valence-corrected chi connectivity index (χ1v) is 5.06. The molecular formula is C11H6NOS. The summed E-state index contributed by atoms with van der Waals surface area (Å²) in [6.45, 7) is 0. The molecule has 67 valence electrons. The second-order valence-corrected chi connectivity index (χ2v) is 4.06. The van der Waals surface area contributed by atoms with Crippen LogP contribution in [-0.4, -0.2) is 4.98 Å². The highest BCUT2D eigenvalue weighted by molar-refractivity contribution is 7.22. The molecule has 0 amide bonds. The summed E-state index contributed by atoms with van der Waals surface area (Å²) < 4.78 is 6.10. The minimum atomic E-state index is 0.853. The van der Waals surface area contributed by atoms with E-state index in [1.54, 1.807) is 17.6 Å². The minimum absolute atomic E-state index is 0.853. The summed E-state index contributed by atoms with van der Waals surface area (Å²) in [7, 11) is 0. The van der Waals surface area contributed by atoms with Gasteiger partial charge in [-0.05, 0) is 17.5 Å². The van der Waals surface area contributed by atoms with E-state index in [0.717, 1.165) is 10.6 Å². The van der Waals surface area contributed by atoms with Crippen LogP contribution in [0.3, 0.4) is 0 Å². The molecule has 0 saturated heterocycles. The lowest BCUT2D eigenvalue weighted by atomic mass is 10.2. The number of hydrogen-bond donors (Lipinski definition) is 0. The van der Waals surface area contributed by atoms with Gasteiger partial charge in [-0.15, -0.1) is 11.3 Å². The van der Waals surface area contributed by atoms with E-state index >= 15 is 0 Å². The number of fused-ring (bicyclic) bond motifs is 1. The highest BCUT2D eigenvalue weighted by Crippen LogP contribution is 2.31. The van der Waals surface area contributed by atoms with E-state index in [1.807, 2.05) is 12.1 Å². The first-order valence-electron chi connectivity index (χ1n) is 4.24. The second-order valence-electron chi connectivity index (χ2n) is 2.97. The molecule has 0 N–H and O–H groups in total. The largest absolute Gasteiger partial charge is 0.440 e. The molecule has 2 aromatic heterocycles. The fourth-order valence-electron chi connectivity index (χ4n) is 1.41. The van der Waals surface area contributed by atoms with Gasteiger partial charge < -0.3 is 4.42 Å². The van der Waals surface area contributed by atoms with Gasteiger partial charge in [0.05, 0.1) is 4.88 Å². The van der Waals surface area contributed by atoms with Gasteiger partial charge in [0.15, 0.2) is 0 Å². The minimum Gasteiger partial charge on any atom is -0.440 e. The average molecular weight is 200 g/mol. The third-order valence-electron chi connectivity index (χ3n) is 2.07. The Morgan fingerprint density at radius 3 is 3.00 bits per heavy atom. The molecule has 0 bridgehead atoms. The van der Waals surface area contributed by atoms with Gasteiger partial charge in [0.1, 0.15) is 12.0 Å². The Labute approximate surface area is 84.8 Å². The standard InChI is InChI=1S/C11H6NOS/c1-2-4-10-8(3-1)5-11(14-10)9-6-13-7-12-9/h1-6H. The van der Waals surface area contributed by atoms with Crippen LogP contribution in [0.2, 0.25) is 0 Å². The van der Waals surface area contributed by atoms with Crippen LogP contribution in [0.5, 0.6) is 0 Å². The molecule has 0 saturated carbocycles. The lowest BCUT2D eigenvalue weighted by molar-refractivity contribution is 0.548. The van der Waals surface area contributed by atoms with Crippen molar-refractivity contribution in [2.45, 2.75) is 0 Å². The normalized spacial score (nSPS) is 10.9. The highest BCUT2D eigenvalue weighted by Gasteiger charge is 2.05. The molecule has 0 aliphatic heterocycles. The fraction of sp³-hybridized carbons (Fsp3) is 0. The van der Waals surface area contributed by atoms with Crippen molar-refractivity contribution in [2.75, 3.05) is 0 Å². The average Bonchev–Trinajstić information content (AvgIpc) is 2.86. The van der Waals surface area contributed by atoms with E-state index in [0.29, 0.717) is 0 Å². The van der Waals surface area contributed by atoms with Crippen molar-refractivity contribution >= 4 is 21.4 Å². The van der Waals surface area contributed by atoms with E-state index in [9.17, 15) is 0 Å².